The minimum atomic E-state index is -0.246. The maximum Gasteiger partial charge on any atom is 0.0954 e. The number of hydrogen-bond donors (Lipinski definition) is 1. The van der Waals surface area contributed by atoms with Gasteiger partial charge in [-0.3, -0.25) is 0 Å². The van der Waals surface area contributed by atoms with Crippen LogP contribution in [0.15, 0.2) is 43.1 Å². The fourth-order valence-corrected chi connectivity index (χ4v) is 2.13. The predicted molar refractivity (Wildman–Crippen MR) is 74.7 cm³/mol. The van der Waals surface area contributed by atoms with Crippen molar-refractivity contribution in [2.45, 2.75) is 25.9 Å². The van der Waals surface area contributed by atoms with Gasteiger partial charge in [0.1, 0.15) is 0 Å². The first-order valence-corrected chi connectivity index (χ1v) is 6.26. The molecule has 19 heavy (non-hydrogen) atoms. The molecule has 0 spiro atoms. The van der Waals surface area contributed by atoms with E-state index in [0.29, 0.717) is 0 Å². The molecule has 0 aliphatic rings. The summed E-state index contributed by atoms with van der Waals surface area (Å²) in [5.74, 6) is 0. The second-order valence-corrected chi connectivity index (χ2v) is 5.54. The SMILES string of the molecule is CC(C)(N)Cn1cnc(-c2ccc3ccnn3c2)c1. The standard InChI is InChI=1S/C14H17N5/c1-14(2,15)9-18-8-13(16-10-18)11-3-4-12-5-6-17-19(12)7-11/h3-8,10H,9,15H2,1-2H3. The van der Waals surface area contributed by atoms with Crippen molar-refractivity contribution < 1.29 is 0 Å². The van der Waals surface area contributed by atoms with Crippen LogP contribution in [0.1, 0.15) is 13.8 Å². The maximum atomic E-state index is 6.01. The molecule has 2 N–H and O–H groups in total. The van der Waals surface area contributed by atoms with E-state index in [9.17, 15) is 0 Å². The van der Waals surface area contributed by atoms with Crippen LogP contribution in [0, 0.1) is 0 Å². The van der Waals surface area contributed by atoms with Crippen molar-refractivity contribution in [1.82, 2.24) is 19.2 Å². The Hall–Kier alpha value is -2.14. The molecule has 3 heterocycles. The number of hydrogen-bond acceptors (Lipinski definition) is 3. The van der Waals surface area contributed by atoms with Crippen LogP contribution in [0.5, 0.6) is 0 Å². The molecule has 5 heteroatoms. The highest BCUT2D eigenvalue weighted by Crippen LogP contribution is 2.18. The Labute approximate surface area is 111 Å². The van der Waals surface area contributed by atoms with E-state index in [-0.39, 0.29) is 5.54 Å². The normalized spacial score (nSPS) is 12.2. The van der Waals surface area contributed by atoms with Crippen LogP contribution in [0.25, 0.3) is 16.8 Å². The first-order valence-electron chi connectivity index (χ1n) is 6.26. The first kappa shape index (κ1) is 11.9. The summed E-state index contributed by atoms with van der Waals surface area (Å²) in [5.41, 5.74) is 8.82. The molecule has 0 radical (unpaired) electrons. The fraction of sp³-hybridized carbons (Fsp3) is 0.286. The van der Waals surface area contributed by atoms with Crippen LogP contribution in [0.2, 0.25) is 0 Å². The van der Waals surface area contributed by atoms with E-state index in [2.05, 4.69) is 16.1 Å². The number of pyridine rings is 1. The largest absolute Gasteiger partial charge is 0.335 e. The Bertz CT molecular complexity index is 702. The Morgan fingerprint density at radius 3 is 2.84 bits per heavy atom. The molecule has 0 unspecified atom stereocenters. The molecule has 3 aromatic heterocycles. The number of imidazole rings is 1. The summed E-state index contributed by atoms with van der Waals surface area (Å²) in [6, 6.07) is 6.06. The van der Waals surface area contributed by atoms with E-state index >= 15 is 0 Å². The minimum absolute atomic E-state index is 0.246. The molecule has 0 fully saturated rings. The quantitative estimate of drug-likeness (QED) is 0.778. The Kier molecular flexibility index (Phi) is 2.64. The van der Waals surface area contributed by atoms with Gasteiger partial charge in [-0.15, -0.1) is 0 Å². The van der Waals surface area contributed by atoms with Gasteiger partial charge in [0.05, 0.1) is 17.5 Å². The molecule has 0 aliphatic carbocycles. The van der Waals surface area contributed by atoms with Gasteiger partial charge in [0.25, 0.3) is 0 Å². The van der Waals surface area contributed by atoms with Crippen LogP contribution in [-0.2, 0) is 6.54 Å². The third-order valence-electron chi connectivity index (χ3n) is 2.92. The predicted octanol–water partition coefficient (Wildman–Crippen LogP) is 1.94. The van der Waals surface area contributed by atoms with E-state index in [4.69, 9.17) is 5.73 Å². The third kappa shape index (κ3) is 2.51. The van der Waals surface area contributed by atoms with Crippen molar-refractivity contribution >= 4 is 5.52 Å². The first-order chi connectivity index (χ1) is 9.01. The lowest BCUT2D eigenvalue weighted by molar-refractivity contribution is 0.434. The molecule has 0 bridgehead atoms. The van der Waals surface area contributed by atoms with Gasteiger partial charge in [-0.1, -0.05) is 0 Å². The topological polar surface area (TPSA) is 61.1 Å². The van der Waals surface area contributed by atoms with Crippen LogP contribution in [-0.4, -0.2) is 24.7 Å². The van der Waals surface area contributed by atoms with E-state index in [0.717, 1.165) is 23.3 Å². The van der Waals surface area contributed by atoms with Gasteiger partial charge < -0.3 is 10.3 Å². The van der Waals surface area contributed by atoms with Crippen LogP contribution >= 0.6 is 0 Å². The molecule has 5 nitrogen and oxygen atoms in total. The van der Waals surface area contributed by atoms with Crippen LogP contribution in [0.4, 0.5) is 0 Å². The summed E-state index contributed by atoms with van der Waals surface area (Å²) in [4.78, 5) is 4.43. The second-order valence-electron chi connectivity index (χ2n) is 5.54. The van der Waals surface area contributed by atoms with Crippen molar-refractivity contribution in [3.63, 3.8) is 0 Å². The van der Waals surface area contributed by atoms with Gasteiger partial charge in [0, 0.05) is 36.2 Å². The fourth-order valence-electron chi connectivity index (χ4n) is 2.13. The second kappa shape index (κ2) is 4.20. The van der Waals surface area contributed by atoms with E-state index in [1.54, 1.807) is 6.20 Å². The summed E-state index contributed by atoms with van der Waals surface area (Å²) in [6.45, 7) is 4.74. The van der Waals surface area contributed by atoms with Crippen molar-refractivity contribution in [3.8, 4) is 11.3 Å². The highest BCUT2D eigenvalue weighted by atomic mass is 15.2. The molecule has 3 rings (SSSR count). The zero-order valence-corrected chi connectivity index (χ0v) is 11.1. The maximum absolute atomic E-state index is 6.01. The van der Waals surface area contributed by atoms with E-state index < -0.39 is 0 Å². The molecule has 98 valence electrons. The van der Waals surface area contributed by atoms with Crippen molar-refractivity contribution in [2.24, 2.45) is 5.73 Å². The van der Waals surface area contributed by atoms with E-state index in [1.807, 2.05) is 53.8 Å². The lowest BCUT2D eigenvalue weighted by Gasteiger charge is -2.18. The minimum Gasteiger partial charge on any atom is -0.335 e. The highest BCUT2D eigenvalue weighted by Gasteiger charge is 2.12. The Morgan fingerprint density at radius 2 is 2.05 bits per heavy atom. The summed E-state index contributed by atoms with van der Waals surface area (Å²) in [6.07, 6.45) is 7.60. The lowest BCUT2D eigenvalue weighted by Crippen LogP contribution is -2.36. The number of rotatable bonds is 3. The summed E-state index contributed by atoms with van der Waals surface area (Å²) >= 11 is 0. The Morgan fingerprint density at radius 1 is 1.21 bits per heavy atom. The highest BCUT2D eigenvalue weighted by molar-refractivity contribution is 5.61. The summed E-state index contributed by atoms with van der Waals surface area (Å²) in [5, 5.41) is 4.23. The number of fused-ring (bicyclic) bond motifs is 1. The molecular weight excluding hydrogens is 238 g/mol. The zero-order valence-electron chi connectivity index (χ0n) is 11.1. The molecule has 0 saturated carbocycles. The van der Waals surface area contributed by atoms with Crippen molar-refractivity contribution in [2.75, 3.05) is 0 Å². The lowest BCUT2D eigenvalue weighted by atomic mass is 10.1. The van der Waals surface area contributed by atoms with Gasteiger partial charge in [0.15, 0.2) is 0 Å². The zero-order chi connectivity index (χ0) is 13.5. The molecule has 3 aromatic rings. The number of nitrogens with two attached hydrogens (primary N) is 1. The summed E-state index contributed by atoms with van der Waals surface area (Å²) in [7, 11) is 0. The van der Waals surface area contributed by atoms with Crippen LogP contribution in [0.3, 0.4) is 0 Å². The molecule has 0 saturated heterocycles. The van der Waals surface area contributed by atoms with Crippen molar-refractivity contribution in [1.29, 1.82) is 0 Å². The summed E-state index contributed by atoms with van der Waals surface area (Å²) < 4.78 is 3.86. The van der Waals surface area contributed by atoms with Crippen LogP contribution < -0.4 is 5.73 Å². The molecule has 0 aromatic carbocycles. The van der Waals surface area contributed by atoms with Crippen molar-refractivity contribution in [3.05, 3.63) is 43.1 Å². The van der Waals surface area contributed by atoms with Gasteiger partial charge in [0.2, 0.25) is 0 Å². The number of nitrogens with zero attached hydrogens (tertiary/aromatic N) is 4. The molecule has 0 aliphatic heterocycles. The van der Waals surface area contributed by atoms with Gasteiger partial charge >= 0.3 is 0 Å². The van der Waals surface area contributed by atoms with Gasteiger partial charge in [-0.2, -0.15) is 5.10 Å². The molecule has 0 atom stereocenters. The number of aromatic nitrogens is 4. The monoisotopic (exact) mass is 255 g/mol. The average molecular weight is 255 g/mol. The molecular formula is C14H17N5. The molecule has 0 amide bonds. The Balaban J connectivity index is 1.93. The average Bonchev–Trinajstić information content (AvgIpc) is 2.93. The van der Waals surface area contributed by atoms with Gasteiger partial charge in [-0.25, -0.2) is 9.50 Å². The smallest absolute Gasteiger partial charge is 0.0954 e. The van der Waals surface area contributed by atoms with E-state index in [1.165, 1.54) is 0 Å². The van der Waals surface area contributed by atoms with Gasteiger partial charge in [-0.05, 0) is 32.0 Å². The third-order valence-corrected chi connectivity index (χ3v) is 2.92.